The highest BCUT2D eigenvalue weighted by Crippen LogP contribution is 2.44. The van der Waals surface area contributed by atoms with Crippen LogP contribution in [0.25, 0.3) is 5.57 Å². The molecule has 0 aliphatic heterocycles. The zero-order chi connectivity index (χ0) is 18.1. The third-order valence-electron chi connectivity index (χ3n) is 4.76. The van der Waals surface area contributed by atoms with Crippen molar-refractivity contribution in [3.63, 3.8) is 0 Å². The Balaban J connectivity index is 1.96. The van der Waals surface area contributed by atoms with Crippen LogP contribution in [0.3, 0.4) is 0 Å². The van der Waals surface area contributed by atoms with E-state index in [1.807, 2.05) is 31.2 Å². The molecular weight excluding hydrogens is 337 g/mol. The highest BCUT2D eigenvalue weighted by molar-refractivity contribution is 7.84. The number of benzene rings is 2. The molecule has 1 amide bonds. The number of allylic oxidation sites excluding steroid dienone is 1. The number of fused-ring (bicyclic) bond motifs is 1. The third-order valence-corrected chi connectivity index (χ3v) is 5.70. The first-order valence-corrected chi connectivity index (χ1v) is 9.62. The van der Waals surface area contributed by atoms with Gasteiger partial charge in [-0.05, 0) is 59.9 Å². The van der Waals surface area contributed by atoms with Gasteiger partial charge in [-0.1, -0.05) is 23.8 Å². The van der Waals surface area contributed by atoms with Crippen LogP contribution in [0.15, 0.2) is 52.9 Å². The Morgan fingerprint density at radius 1 is 1.20 bits per heavy atom. The molecule has 2 aromatic rings. The summed E-state index contributed by atoms with van der Waals surface area (Å²) < 4.78 is 25.2. The number of hydrogen-bond acceptors (Lipinski definition) is 2. The predicted octanol–water partition coefficient (Wildman–Crippen LogP) is 3.55. The first-order valence-electron chi connectivity index (χ1n) is 8.07. The molecule has 0 radical (unpaired) electrons. The number of carbonyl (C=O) groups is 1. The van der Waals surface area contributed by atoms with Gasteiger partial charge in [0.1, 0.15) is 5.82 Å². The molecule has 3 rings (SSSR count). The highest BCUT2D eigenvalue weighted by Gasteiger charge is 2.29. The molecular formula is C20H20FNO2S. The van der Waals surface area contributed by atoms with Crippen LogP contribution in [0.4, 0.5) is 4.39 Å². The molecule has 0 aromatic heterocycles. The van der Waals surface area contributed by atoms with Crippen molar-refractivity contribution in [3.05, 3.63) is 70.5 Å². The van der Waals surface area contributed by atoms with E-state index < -0.39 is 16.7 Å². The molecule has 1 aliphatic rings. The summed E-state index contributed by atoms with van der Waals surface area (Å²) in [5.41, 5.74) is 10.2. The summed E-state index contributed by atoms with van der Waals surface area (Å²) in [5.74, 6) is -0.646. The first-order chi connectivity index (χ1) is 11.9. The lowest BCUT2D eigenvalue weighted by Gasteiger charge is -2.15. The van der Waals surface area contributed by atoms with Gasteiger partial charge >= 0.3 is 0 Å². The van der Waals surface area contributed by atoms with Crippen LogP contribution >= 0.6 is 0 Å². The molecule has 130 valence electrons. The van der Waals surface area contributed by atoms with Crippen LogP contribution in [0, 0.1) is 5.82 Å². The van der Waals surface area contributed by atoms with E-state index in [1.165, 1.54) is 12.1 Å². The fraction of sp³-hybridized carbons (Fsp3) is 0.250. The number of nitrogens with two attached hydrogens (primary N) is 1. The SMILES string of the molecule is CC1=C(CC(N)=O)c2cc(F)ccc2C1Cc1ccc(S(C)=O)cc1. The maximum absolute atomic E-state index is 13.7. The Morgan fingerprint density at radius 3 is 2.48 bits per heavy atom. The Kier molecular flexibility index (Phi) is 4.86. The van der Waals surface area contributed by atoms with Gasteiger partial charge in [-0.3, -0.25) is 9.00 Å². The van der Waals surface area contributed by atoms with Crippen LogP contribution in [0.1, 0.15) is 36.0 Å². The Labute approximate surface area is 149 Å². The van der Waals surface area contributed by atoms with E-state index in [4.69, 9.17) is 5.73 Å². The van der Waals surface area contributed by atoms with Crippen LogP contribution in [0.2, 0.25) is 0 Å². The molecule has 1 aliphatic carbocycles. The lowest BCUT2D eigenvalue weighted by Crippen LogP contribution is -2.11. The average Bonchev–Trinajstić information content (AvgIpc) is 2.80. The highest BCUT2D eigenvalue weighted by atomic mass is 32.2. The molecule has 0 saturated carbocycles. The fourth-order valence-electron chi connectivity index (χ4n) is 3.47. The van der Waals surface area contributed by atoms with Crippen LogP contribution < -0.4 is 5.73 Å². The topological polar surface area (TPSA) is 60.2 Å². The fourth-order valence-corrected chi connectivity index (χ4v) is 3.99. The summed E-state index contributed by atoms with van der Waals surface area (Å²) in [6.45, 7) is 1.98. The van der Waals surface area contributed by atoms with E-state index in [2.05, 4.69) is 0 Å². The molecule has 3 nitrogen and oxygen atoms in total. The zero-order valence-corrected chi connectivity index (χ0v) is 15.0. The molecule has 0 bridgehead atoms. The lowest BCUT2D eigenvalue weighted by molar-refractivity contribution is -0.117. The molecule has 0 fully saturated rings. The van der Waals surface area contributed by atoms with Gasteiger partial charge < -0.3 is 5.73 Å². The third kappa shape index (κ3) is 3.56. The molecule has 5 heteroatoms. The second-order valence-electron chi connectivity index (χ2n) is 6.39. The van der Waals surface area contributed by atoms with Gasteiger partial charge in [-0.15, -0.1) is 0 Å². The summed E-state index contributed by atoms with van der Waals surface area (Å²) in [6, 6.07) is 12.4. The molecule has 0 heterocycles. The molecule has 0 spiro atoms. The van der Waals surface area contributed by atoms with E-state index in [1.54, 1.807) is 12.3 Å². The van der Waals surface area contributed by atoms with Crippen molar-refractivity contribution in [2.24, 2.45) is 5.73 Å². The largest absolute Gasteiger partial charge is 0.369 e. The van der Waals surface area contributed by atoms with E-state index in [-0.39, 0.29) is 18.2 Å². The van der Waals surface area contributed by atoms with Gasteiger partial charge in [0.15, 0.2) is 0 Å². The van der Waals surface area contributed by atoms with E-state index in [9.17, 15) is 13.4 Å². The smallest absolute Gasteiger partial charge is 0.221 e. The maximum Gasteiger partial charge on any atom is 0.221 e. The Bertz CT molecular complexity index is 887. The normalized spacial score (nSPS) is 17.5. The predicted molar refractivity (Wildman–Crippen MR) is 98.0 cm³/mol. The second-order valence-corrected chi connectivity index (χ2v) is 7.77. The summed E-state index contributed by atoms with van der Waals surface area (Å²) >= 11 is 0. The van der Waals surface area contributed by atoms with Gasteiger partial charge in [0.25, 0.3) is 0 Å². The second kappa shape index (κ2) is 6.92. The minimum Gasteiger partial charge on any atom is -0.369 e. The minimum absolute atomic E-state index is 0.0860. The Hall–Kier alpha value is -2.27. The molecule has 2 atom stereocenters. The van der Waals surface area contributed by atoms with Crippen molar-refractivity contribution in [2.45, 2.75) is 30.6 Å². The number of hydrogen-bond donors (Lipinski definition) is 1. The summed E-state index contributed by atoms with van der Waals surface area (Å²) in [7, 11) is -1.00. The van der Waals surface area contributed by atoms with Gasteiger partial charge in [-0.25, -0.2) is 4.39 Å². The van der Waals surface area contributed by atoms with Crippen molar-refractivity contribution in [3.8, 4) is 0 Å². The van der Waals surface area contributed by atoms with Crippen molar-refractivity contribution >= 4 is 22.3 Å². The maximum atomic E-state index is 13.7. The standard InChI is InChI=1S/C20H20FNO2S/c1-12-17(9-13-3-6-15(7-4-13)25(2)24)16-8-5-14(21)10-19(16)18(12)11-20(22)23/h3-8,10,17H,9,11H2,1-2H3,(H2,22,23). The van der Waals surface area contributed by atoms with Crippen molar-refractivity contribution in [2.75, 3.05) is 6.26 Å². The number of halogens is 1. The number of carbonyl (C=O) groups excluding carboxylic acids is 1. The average molecular weight is 357 g/mol. The van der Waals surface area contributed by atoms with E-state index >= 15 is 0 Å². The molecule has 2 N–H and O–H groups in total. The van der Waals surface area contributed by atoms with Gasteiger partial charge in [0.2, 0.25) is 5.91 Å². The summed E-state index contributed by atoms with van der Waals surface area (Å²) in [5, 5.41) is 0. The van der Waals surface area contributed by atoms with Gasteiger partial charge in [-0.2, -0.15) is 0 Å². The van der Waals surface area contributed by atoms with Gasteiger partial charge in [0.05, 0.1) is 6.42 Å². The quantitative estimate of drug-likeness (QED) is 0.889. The van der Waals surface area contributed by atoms with Crippen molar-refractivity contribution in [1.29, 1.82) is 0 Å². The number of primary amides is 1. The van der Waals surface area contributed by atoms with Crippen LogP contribution in [-0.4, -0.2) is 16.4 Å². The molecule has 2 unspecified atom stereocenters. The van der Waals surface area contributed by atoms with Gasteiger partial charge in [0, 0.05) is 27.9 Å². The van der Waals surface area contributed by atoms with E-state index in [0.29, 0.717) is 0 Å². The molecule has 2 aromatic carbocycles. The Morgan fingerprint density at radius 2 is 1.88 bits per heavy atom. The van der Waals surface area contributed by atoms with Crippen LogP contribution in [-0.2, 0) is 22.0 Å². The zero-order valence-electron chi connectivity index (χ0n) is 14.2. The van der Waals surface area contributed by atoms with E-state index in [0.717, 1.165) is 39.2 Å². The number of rotatable bonds is 5. The van der Waals surface area contributed by atoms with Crippen molar-refractivity contribution < 1.29 is 13.4 Å². The molecule has 25 heavy (non-hydrogen) atoms. The minimum atomic E-state index is -1.00. The monoisotopic (exact) mass is 357 g/mol. The molecule has 0 saturated heterocycles. The summed E-state index contributed by atoms with van der Waals surface area (Å²) in [6.07, 6.45) is 2.51. The lowest BCUT2D eigenvalue weighted by atomic mass is 9.90. The number of amides is 1. The summed E-state index contributed by atoms with van der Waals surface area (Å²) in [4.78, 5) is 12.2. The van der Waals surface area contributed by atoms with Crippen LogP contribution in [0.5, 0.6) is 0 Å². The van der Waals surface area contributed by atoms with Crippen molar-refractivity contribution in [1.82, 2.24) is 0 Å². The first kappa shape index (κ1) is 17.5.